The first kappa shape index (κ1) is 16.9. The Morgan fingerprint density at radius 3 is 2.39 bits per heavy atom. The van der Waals surface area contributed by atoms with Crippen LogP contribution in [0.3, 0.4) is 0 Å². The van der Waals surface area contributed by atoms with E-state index in [2.05, 4.69) is 4.90 Å². The highest BCUT2D eigenvalue weighted by atomic mass is 32.2. The van der Waals surface area contributed by atoms with E-state index in [9.17, 15) is 13.5 Å². The molecule has 0 amide bonds. The highest BCUT2D eigenvalue weighted by Gasteiger charge is 2.39. The molecule has 0 bridgehead atoms. The third kappa shape index (κ3) is 3.95. The number of β-amino-alcohol motifs (C(OH)–C–C–N with tert-alkyl or cyclic N) is 1. The summed E-state index contributed by atoms with van der Waals surface area (Å²) >= 11 is 0. The number of nitrogens with zero attached hydrogens (tertiary/aromatic N) is 1. The molecule has 2 aliphatic rings. The Hall–Kier alpha value is -0.910. The lowest BCUT2D eigenvalue weighted by Gasteiger charge is -2.33. The van der Waals surface area contributed by atoms with Gasteiger partial charge in [-0.2, -0.15) is 0 Å². The summed E-state index contributed by atoms with van der Waals surface area (Å²) in [4.78, 5) is 2.68. The molecule has 1 spiro atoms. The zero-order valence-electron chi connectivity index (χ0n) is 13.9. The summed E-state index contributed by atoms with van der Waals surface area (Å²) in [5.41, 5.74) is 1.29. The van der Waals surface area contributed by atoms with Crippen molar-refractivity contribution < 1.29 is 13.5 Å². The monoisotopic (exact) mass is 337 g/mol. The number of hydrogen-bond donors (Lipinski definition) is 1. The SMILES string of the molecule is CS(=O)(=O)c1ccc(C(O)CN2CCC3(CCCCC3)C2)cc1. The fourth-order valence-corrected chi connectivity index (χ4v) is 4.81. The van der Waals surface area contributed by atoms with E-state index in [-0.39, 0.29) is 0 Å². The lowest BCUT2D eigenvalue weighted by Crippen LogP contribution is -2.31. The van der Waals surface area contributed by atoms with Gasteiger partial charge in [0.2, 0.25) is 0 Å². The summed E-state index contributed by atoms with van der Waals surface area (Å²) in [7, 11) is -3.18. The number of hydrogen-bond acceptors (Lipinski definition) is 4. The van der Waals surface area contributed by atoms with E-state index in [0.29, 0.717) is 16.9 Å². The fraction of sp³-hybridized carbons (Fsp3) is 0.667. The molecule has 4 nitrogen and oxygen atoms in total. The molecule has 1 aromatic carbocycles. The molecular weight excluding hydrogens is 310 g/mol. The van der Waals surface area contributed by atoms with Gasteiger partial charge in [0.1, 0.15) is 0 Å². The van der Waals surface area contributed by atoms with Gasteiger partial charge in [-0.1, -0.05) is 31.4 Å². The second-order valence-electron chi connectivity index (χ2n) is 7.40. The predicted octanol–water partition coefficient (Wildman–Crippen LogP) is 2.78. The van der Waals surface area contributed by atoms with Gasteiger partial charge in [-0.25, -0.2) is 8.42 Å². The molecule has 3 rings (SSSR count). The lowest BCUT2D eigenvalue weighted by atomic mass is 9.73. The van der Waals surface area contributed by atoms with Crippen molar-refractivity contribution in [2.24, 2.45) is 5.41 Å². The first-order chi connectivity index (χ1) is 10.9. The Morgan fingerprint density at radius 2 is 1.78 bits per heavy atom. The third-order valence-corrected chi connectivity index (χ3v) is 6.68. The molecule has 1 saturated carbocycles. The first-order valence-electron chi connectivity index (χ1n) is 8.59. The maximum absolute atomic E-state index is 11.5. The van der Waals surface area contributed by atoms with Gasteiger partial charge in [-0.3, -0.25) is 4.90 Å². The van der Waals surface area contributed by atoms with Crippen LogP contribution < -0.4 is 0 Å². The Morgan fingerprint density at radius 1 is 1.13 bits per heavy atom. The van der Waals surface area contributed by atoms with Crippen molar-refractivity contribution in [2.45, 2.75) is 49.5 Å². The second kappa shape index (κ2) is 6.54. The maximum atomic E-state index is 11.5. The lowest BCUT2D eigenvalue weighted by molar-refractivity contribution is 0.111. The molecule has 1 heterocycles. The van der Waals surface area contributed by atoms with Crippen molar-refractivity contribution in [1.82, 2.24) is 4.90 Å². The normalized spacial score (nSPS) is 23.2. The molecule has 0 radical (unpaired) electrons. The molecule has 1 aliphatic carbocycles. The molecule has 0 aromatic heterocycles. The van der Waals surface area contributed by atoms with Crippen LogP contribution in [0, 0.1) is 5.41 Å². The van der Waals surface area contributed by atoms with Gasteiger partial charge in [0.15, 0.2) is 9.84 Å². The predicted molar refractivity (Wildman–Crippen MR) is 91.1 cm³/mol. The van der Waals surface area contributed by atoms with E-state index in [1.165, 1.54) is 44.8 Å². The molecular formula is C18H27NO3S. The van der Waals surface area contributed by atoms with E-state index >= 15 is 0 Å². The van der Waals surface area contributed by atoms with Gasteiger partial charge < -0.3 is 5.11 Å². The van der Waals surface area contributed by atoms with Crippen LogP contribution in [0.5, 0.6) is 0 Å². The van der Waals surface area contributed by atoms with Crippen LogP contribution in [-0.2, 0) is 9.84 Å². The summed E-state index contributed by atoms with van der Waals surface area (Å²) in [5, 5.41) is 10.5. The molecule has 1 unspecified atom stereocenters. The van der Waals surface area contributed by atoms with E-state index in [1.807, 2.05) is 0 Å². The summed E-state index contributed by atoms with van der Waals surface area (Å²) in [6, 6.07) is 6.63. The van der Waals surface area contributed by atoms with E-state index in [0.717, 1.165) is 18.7 Å². The molecule has 23 heavy (non-hydrogen) atoms. The number of benzene rings is 1. The molecule has 1 atom stereocenters. The van der Waals surface area contributed by atoms with Crippen LogP contribution in [0.4, 0.5) is 0 Å². The largest absolute Gasteiger partial charge is 0.387 e. The quantitative estimate of drug-likeness (QED) is 0.918. The average molecular weight is 337 g/mol. The minimum atomic E-state index is -3.18. The van der Waals surface area contributed by atoms with Crippen molar-refractivity contribution in [1.29, 1.82) is 0 Å². The molecule has 1 aliphatic heterocycles. The first-order valence-corrected chi connectivity index (χ1v) is 10.5. The van der Waals surface area contributed by atoms with E-state index < -0.39 is 15.9 Å². The van der Waals surface area contributed by atoms with E-state index in [4.69, 9.17) is 0 Å². The number of sulfone groups is 1. The molecule has 1 N–H and O–H groups in total. The van der Waals surface area contributed by atoms with Crippen LogP contribution in [0.1, 0.15) is 50.2 Å². The van der Waals surface area contributed by atoms with Crippen LogP contribution in [-0.4, -0.2) is 44.3 Å². The van der Waals surface area contributed by atoms with Crippen molar-refractivity contribution in [3.63, 3.8) is 0 Å². The number of aliphatic hydroxyl groups excluding tert-OH is 1. The second-order valence-corrected chi connectivity index (χ2v) is 9.42. The summed E-state index contributed by atoms with van der Waals surface area (Å²) in [6.07, 6.45) is 8.65. The van der Waals surface area contributed by atoms with E-state index in [1.54, 1.807) is 24.3 Å². The Kier molecular flexibility index (Phi) is 4.81. The van der Waals surface area contributed by atoms with Gasteiger partial charge in [-0.15, -0.1) is 0 Å². The van der Waals surface area contributed by atoms with Crippen molar-refractivity contribution in [3.8, 4) is 0 Å². The minimum Gasteiger partial charge on any atom is -0.387 e. The summed E-state index contributed by atoms with van der Waals surface area (Å²) < 4.78 is 23.0. The smallest absolute Gasteiger partial charge is 0.175 e. The maximum Gasteiger partial charge on any atom is 0.175 e. The topological polar surface area (TPSA) is 57.6 Å². The van der Waals surface area contributed by atoms with Crippen LogP contribution >= 0.6 is 0 Å². The summed E-state index contributed by atoms with van der Waals surface area (Å²) in [6.45, 7) is 2.81. The standard InChI is InChI=1S/C18H27NO3S/c1-23(21,22)16-7-5-15(6-8-16)17(20)13-19-12-11-18(14-19)9-3-2-4-10-18/h5-8,17,20H,2-4,9-14H2,1H3. The van der Waals surface area contributed by atoms with Crippen LogP contribution in [0.25, 0.3) is 0 Å². The van der Waals surface area contributed by atoms with Gasteiger partial charge in [0, 0.05) is 19.3 Å². The number of likely N-dealkylation sites (tertiary alicyclic amines) is 1. The van der Waals surface area contributed by atoms with Crippen molar-refractivity contribution in [3.05, 3.63) is 29.8 Å². The molecule has 1 aromatic rings. The van der Waals surface area contributed by atoms with Gasteiger partial charge >= 0.3 is 0 Å². The van der Waals surface area contributed by atoms with Crippen LogP contribution in [0.15, 0.2) is 29.2 Å². The van der Waals surface area contributed by atoms with Gasteiger partial charge in [0.25, 0.3) is 0 Å². The molecule has 128 valence electrons. The highest BCUT2D eigenvalue weighted by Crippen LogP contribution is 2.43. The average Bonchev–Trinajstić information content (AvgIpc) is 2.89. The third-order valence-electron chi connectivity index (χ3n) is 5.56. The Labute approximate surface area is 139 Å². The van der Waals surface area contributed by atoms with Crippen molar-refractivity contribution in [2.75, 3.05) is 25.9 Å². The zero-order valence-corrected chi connectivity index (χ0v) is 14.7. The Bertz CT molecular complexity index is 633. The van der Waals surface area contributed by atoms with Crippen LogP contribution in [0.2, 0.25) is 0 Å². The fourth-order valence-electron chi connectivity index (χ4n) is 4.18. The van der Waals surface area contributed by atoms with Gasteiger partial charge in [0.05, 0.1) is 11.0 Å². The number of rotatable bonds is 4. The molecule has 2 fully saturated rings. The zero-order chi connectivity index (χ0) is 16.5. The number of aliphatic hydroxyl groups is 1. The van der Waals surface area contributed by atoms with Gasteiger partial charge in [-0.05, 0) is 48.9 Å². The summed E-state index contributed by atoms with van der Waals surface area (Å²) in [5.74, 6) is 0. The van der Waals surface area contributed by atoms with Crippen molar-refractivity contribution >= 4 is 9.84 Å². The highest BCUT2D eigenvalue weighted by molar-refractivity contribution is 7.90. The molecule has 5 heteroatoms. The molecule has 1 saturated heterocycles. The minimum absolute atomic E-state index is 0.302. The Balaban J connectivity index is 1.60.